The Bertz CT molecular complexity index is 1450. The molecule has 2 atom stereocenters. The molecular weight excluding hydrogens is 544 g/mol. The molecule has 0 bridgehead atoms. The second-order valence-corrected chi connectivity index (χ2v) is 11.5. The number of likely N-dealkylation sites (tertiary alicyclic amines) is 1. The lowest BCUT2D eigenvalue weighted by Gasteiger charge is -2.29. The number of nitrogens with two attached hydrogens (primary N) is 1. The van der Waals surface area contributed by atoms with Crippen LogP contribution in [0, 0.1) is 0 Å². The number of fused-ring (bicyclic) bond motifs is 1. The molecular formula is C25H32N6O6S2. The fourth-order valence-corrected chi connectivity index (χ4v) is 6.38. The molecule has 210 valence electrons. The Morgan fingerprint density at radius 2 is 2.03 bits per heavy atom. The number of amides is 1. The van der Waals surface area contributed by atoms with Gasteiger partial charge in [0.05, 0.1) is 19.4 Å². The number of pyridine rings is 1. The van der Waals surface area contributed by atoms with E-state index in [1.54, 1.807) is 51.2 Å². The van der Waals surface area contributed by atoms with E-state index < -0.39 is 41.0 Å². The fourth-order valence-electron chi connectivity index (χ4n) is 4.60. The zero-order valence-corrected chi connectivity index (χ0v) is 24.1. The smallest absolute Gasteiger partial charge is 0.329 e. The average molecular weight is 577 g/mol. The quantitative estimate of drug-likeness (QED) is 0.271. The number of carbonyl (C=O) groups excluding carboxylic acids is 2. The molecule has 12 nitrogen and oxygen atoms in total. The molecule has 1 aliphatic rings. The highest BCUT2D eigenvalue weighted by Crippen LogP contribution is 2.35. The summed E-state index contributed by atoms with van der Waals surface area (Å²) in [6.45, 7) is 3.63. The van der Waals surface area contributed by atoms with Crippen molar-refractivity contribution in [3.8, 4) is 5.75 Å². The first-order valence-electron chi connectivity index (χ1n) is 12.3. The largest absolute Gasteiger partial charge is 0.496 e. The highest BCUT2D eigenvalue weighted by atomic mass is 32.2. The van der Waals surface area contributed by atoms with Gasteiger partial charge in [-0.15, -0.1) is 0 Å². The van der Waals surface area contributed by atoms with Crippen molar-refractivity contribution >= 4 is 60.8 Å². The molecule has 1 saturated heterocycles. The predicted molar refractivity (Wildman–Crippen MR) is 151 cm³/mol. The van der Waals surface area contributed by atoms with Crippen LogP contribution >= 0.6 is 11.3 Å². The van der Waals surface area contributed by atoms with Crippen LogP contribution in [0.15, 0.2) is 30.6 Å². The van der Waals surface area contributed by atoms with Crippen LogP contribution < -0.4 is 19.7 Å². The monoisotopic (exact) mass is 576 g/mol. The number of aromatic nitrogens is 2. The molecule has 1 amide bonds. The number of benzene rings is 1. The van der Waals surface area contributed by atoms with E-state index in [1.165, 1.54) is 18.2 Å². The number of carbonyl (C=O) groups is 2. The van der Waals surface area contributed by atoms with Gasteiger partial charge in [-0.05, 0) is 49.4 Å². The van der Waals surface area contributed by atoms with Crippen molar-refractivity contribution in [1.82, 2.24) is 14.9 Å². The molecule has 0 spiro atoms. The van der Waals surface area contributed by atoms with Crippen LogP contribution in [0.2, 0.25) is 0 Å². The molecule has 0 aliphatic carbocycles. The van der Waals surface area contributed by atoms with E-state index >= 15 is 0 Å². The van der Waals surface area contributed by atoms with Gasteiger partial charge in [0.2, 0.25) is 16.8 Å². The summed E-state index contributed by atoms with van der Waals surface area (Å²) >= 11 is 1.16. The summed E-state index contributed by atoms with van der Waals surface area (Å²) in [6.07, 6.45) is 2.92. The molecule has 0 saturated carbocycles. The highest BCUT2D eigenvalue weighted by Gasteiger charge is 2.44. The van der Waals surface area contributed by atoms with Gasteiger partial charge in [0, 0.05) is 38.6 Å². The number of rotatable bonds is 10. The molecule has 0 radical (unpaired) electrons. The number of thiazole rings is 1. The molecule has 1 aromatic carbocycles. The lowest BCUT2D eigenvalue weighted by Crippen LogP contribution is -2.49. The predicted octanol–water partition coefficient (Wildman–Crippen LogP) is 1.84. The summed E-state index contributed by atoms with van der Waals surface area (Å²) in [4.78, 5) is 38.6. The van der Waals surface area contributed by atoms with Crippen LogP contribution in [0.25, 0.3) is 10.8 Å². The maximum Gasteiger partial charge on any atom is 0.329 e. The van der Waals surface area contributed by atoms with Crippen molar-refractivity contribution in [2.24, 2.45) is 0 Å². The Morgan fingerprint density at radius 1 is 1.28 bits per heavy atom. The van der Waals surface area contributed by atoms with Crippen molar-refractivity contribution in [3.63, 3.8) is 0 Å². The third-order valence-electron chi connectivity index (χ3n) is 6.38. The van der Waals surface area contributed by atoms with Gasteiger partial charge in [0.15, 0.2) is 5.13 Å². The third kappa shape index (κ3) is 5.86. The summed E-state index contributed by atoms with van der Waals surface area (Å²) in [6, 6.07) is 3.40. The van der Waals surface area contributed by atoms with Crippen molar-refractivity contribution in [2.75, 3.05) is 42.7 Å². The van der Waals surface area contributed by atoms with E-state index in [2.05, 4.69) is 9.97 Å². The number of hydrogen-bond donors (Lipinski definition) is 2. The van der Waals surface area contributed by atoms with Gasteiger partial charge in [-0.2, -0.15) is 0 Å². The molecule has 4 rings (SSSR count). The molecule has 14 heteroatoms. The molecule has 0 unspecified atom stereocenters. The maximum absolute atomic E-state index is 13.7. The van der Waals surface area contributed by atoms with Gasteiger partial charge in [-0.3, -0.25) is 4.79 Å². The van der Waals surface area contributed by atoms with Crippen LogP contribution in [0.1, 0.15) is 25.8 Å². The SMILES string of the molecule is COc1cc2c(N)nccc2cc1C[C@H](C(=O)OC(C)C)N1CC[C@H](N(c2cnc(N(C)C)s2)[SH](=O)=O)C1=O. The van der Waals surface area contributed by atoms with Crippen LogP contribution in [0.4, 0.5) is 16.0 Å². The van der Waals surface area contributed by atoms with Crippen LogP contribution in [-0.2, 0) is 31.6 Å². The highest BCUT2D eigenvalue weighted by molar-refractivity contribution is 7.74. The summed E-state index contributed by atoms with van der Waals surface area (Å²) in [5.74, 6) is -0.232. The topological polar surface area (TPSA) is 148 Å². The van der Waals surface area contributed by atoms with Crippen molar-refractivity contribution < 1.29 is 27.5 Å². The van der Waals surface area contributed by atoms with Crippen LogP contribution in [0.5, 0.6) is 5.75 Å². The van der Waals surface area contributed by atoms with E-state index in [1.807, 2.05) is 6.07 Å². The molecule has 39 heavy (non-hydrogen) atoms. The summed E-state index contributed by atoms with van der Waals surface area (Å²) in [7, 11) is 1.95. The second-order valence-electron chi connectivity index (χ2n) is 9.58. The molecule has 2 N–H and O–H groups in total. The number of nitrogen functional groups attached to an aromatic ring is 1. The minimum atomic E-state index is -3.15. The first-order chi connectivity index (χ1) is 18.5. The van der Waals surface area contributed by atoms with E-state index in [4.69, 9.17) is 15.2 Å². The minimum Gasteiger partial charge on any atom is -0.496 e. The van der Waals surface area contributed by atoms with Gasteiger partial charge >= 0.3 is 5.97 Å². The molecule has 1 aliphatic heterocycles. The minimum absolute atomic E-state index is 0.0974. The number of esters is 1. The second kappa shape index (κ2) is 11.6. The van der Waals surface area contributed by atoms with Crippen LogP contribution in [0.3, 0.4) is 0 Å². The summed E-state index contributed by atoms with van der Waals surface area (Å²) in [5.41, 5.74) is 6.70. The number of nitrogens with zero attached hydrogens (tertiary/aromatic N) is 5. The van der Waals surface area contributed by atoms with Gasteiger partial charge in [-0.1, -0.05) is 11.3 Å². The van der Waals surface area contributed by atoms with E-state index in [9.17, 15) is 18.0 Å². The number of hydrogen-bond acceptors (Lipinski definition) is 11. The van der Waals surface area contributed by atoms with E-state index in [0.29, 0.717) is 32.6 Å². The Morgan fingerprint density at radius 3 is 2.64 bits per heavy atom. The average Bonchev–Trinajstić information content (AvgIpc) is 3.50. The van der Waals surface area contributed by atoms with Gasteiger partial charge in [0.25, 0.3) is 0 Å². The number of methoxy groups -OCH3 is 1. The third-order valence-corrected chi connectivity index (χ3v) is 8.53. The van der Waals surface area contributed by atoms with Crippen molar-refractivity contribution in [1.29, 1.82) is 0 Å². The number of anilines is 3. The standard InChI is InChI=1S/C25H32N6O6S2/c1-14(2)37-24(33)19(11-16-10-15-6-8-27-22(26)17(15)12-20(16)36-5)30-9-7-18(23(30)32)31(39(34)35)21-13-28-25(38-21)29(3)4/h6,8,10,12-14,18-19,39H,7,9,11H2,1-5H3,(H2,26,27)/t18-,19+/m0/s1. The normalized spacial score (nSPS) is 16.2. The maximum atomic E-state index is 13.7. The Balaban J connectivity index is 1.69. The van der Waals surface area contributed by atoms with Gasteiger partial charge < -0.3 is 25.0 Å². The molecule has 2 aromatic heterocycles. The summed E-state index contributed by atoms with van der Waals surface area (Å²) < 4.78 is 36.9. The lowest BCUT2D eigenvalue weighted by atomic mass is 10.00. The first kappa shape index (κ1) is 28.4. The number of thiol groups is 1. The molecule has 3 heterocycles. The Labute approximate surface area is 232 Å². The van der Waals surface area contributed by atoms with Gasteiger partial charge in [0.1, 0.15) is 28.7 Å². The molecule has 1 fully saturated rings. The molecule has 3 aromatic rings. The van der Waals surface area contributed by atoms with Crippen molar-refractivity contribution in [2.45, 2.75) is 44.9 Å². The number of ether oxygens (including phenoxy) is 2. The summed E-state index contributed by atoms with van der Waals surface area (Å²) in [5, 5.41) is 2.44. The van der Waals surface area contributed by atoms with E-state index in [0.717, 1.165) is 21.0 Å². The zero-order chi connectivity index (χ0) is 28.4. The first-order valence-corrected chi connectivity index (χ1v) is 14.2. The fraction of sp³-hybridized carbons (Fsp3) is 0.440. The van der Waals surface area contributed by atoms with Crippen LogP contribution in [-0.4, -0.2) is 81.1 Å². The Kier molecular flexibility index (Phi) is 8.45. The Hall–Kier alpha value is -3.65. The lowest BCUT2D eigenvalue weighted by molar-refractivity contribution is -0.157. The van der Waals surface area contributed by atoms with E-state index in [-0.39, 0.29) is 19.4 Å². The van der Waals surface area contributed by atoms with Gasteiger partial charge in [-0.25, -0.2) is 27.5 Å². The zero-order valence-electron chi connectivity index (χ0n) is 22.4. The van der Waals surface area contributed by atoms with Crippen molar-refractivity contribution in [3.05, 3.63) is 36.2 Å².